The zero-order valence-electron chi connectivity index (χ0n) is 11.6. The minimum atomic E-state index is -1.37. The quantitative estimate of drug-likeness (QED) is 0.409. The standard InChI is InChI=1S/C14H23NO2Si/c1-18(2,3)17-11-6-4-5-9-14(16)13-8-7-10-15-12-13/h7-8,10,12H,4-6,9,11H2,1-3H3. The fraction of sp³-hybridized carbons (Fsp3) is 0.571. The number of carbonyl (C=O) groups excluding carboxylic acids is 1. The Morgan fingerprint density at radius 3 is 2.67 bits per heavy atom. The Labute approximate surface area is 111 Å². The Balaban J connectivity index is 2.10. The van der Waals surface area contributed by atoms with Crippen molar-refractivity contribution in [2.24, 2.45) is 0 Å². The zero-order chi connectivity index (χ0) is 13.4. The van der Waals surface area contributed by atoms with Gasteiger partial charge in [0, 0.05) is 31.0 Å². The van der Waals surface area contributed by atoms with E-state index in [0.29, 0.717) is 6.42 Å². The van der Waals surface area contributed by atoms with Gasteiger partial charge >= 0.3 is 0 Å². The molecule has 0 saturated heterocycles. The summed E-state index contributed by atoms with van der Waals surface area (Å²) >= 11 is 0. The second kappa shape index (κ2) is 7.44. The summed E-state index contributed by atoms with van der Waals surface area (Å²) in [6.07, 6.45) is 6.96. The van der Waals surface area contributed by atoms with Gasteiger partial charge in [-0.05, 0) is 44.6 Å². The number of hydrogen-bond donors (Lipinski definition) is 0. The van der Waals surface area contributed by atoms with E-state index in [1.807, 2.05) is 6.07 Å². The number of Topliss-reactive ketones (excluding diaryl/α,β-unsaturated/α-hetero) is 1. The third-order valence-corrected chi connectivity index (χ3v) is 3.64. The first kappa shape index (κ1) is 15.1. The summed E-state index contributed by atoms with van der Waals surface area (Å²) in [5, 5.41) is 0. The summed E-state index contributed by atoms with van der Waals surface area (Å²) in [4.78, 5) is 15.7. The molecule has 0 aliphatic carbocycles. The van der Waals surface area contributed by atoms with Crippen LogP contribution in [0.5, 0.6) is 0 Å². The first-order valence-electron chi connectivity index (χ1n) is 6.56. The van der Waals surface area contributed by atoms with E-state index in [1.165, 1.54) is 0 Å². The Bertz CT molecular complexity index is 360. The van der Waals surface area contributed by atoms with Crippen LogP contribution in [0.3, 0.4) is 0 Å². The minimum absolute atomic E-state index is 0.189. The van der Waals surface area contributed by atoms with E-state index < -0.39 is 8.32 Å². The van der Waals surface area contributed by atoms with Gasteiger partial charge in [0.1, 0.15) is 0 Å². The number of aromatic nitrogens is 1. The van der Waals surface area contributed by atoms with E-state index in [4.69, 9.17) is 4.43 Å². The van der Waals surface area contributed by atoms with Crippen LogP contribution in [0.15, 0.2) is 24.5 Å². The van der Waals surface area contributed by atoms with Gasteiger partial charge in [-0.15, -0.1) is 0 Å². The molecular weight excluding hydrogens is 242 g/mol. The molecule has 0 unspecified atom stereocenters. The van der Waals surface area contributed by atoms with Gasteiger partial charge in [0.15, 0.2) is 14.1 Å². The largest absolute Gasteiger partial charge is 0.418 e. The molecule has 18 heavy (non-hydrogen) atoms. The SMILES string of the molecule is C[Si](C)(C)OCCCCCC(=O)c1cccnc1. The van der Waals surface area contributed by atoms with Crippen molar-refractivity contribution in [2.45, 2.75) is 45.3 Å². The van der Waals surface area contributed by atoms with Crippen LogP contribution in [0.2, 0.25) is 19.6 Å². The maximum absolute atomic E-state index is 11.8. The van der Waals surface area contributed by atoms with Crippen molar-refractivity contribution in [2.75, 3.05) is 6.61 Å². The molecule has 0 radical (unpaired) electrons. The molecule has 0 amide bonds. The maximum Gasteiger partial charge on any atom is 0.183 e. The molecule has 1 aromatic heterocycles. The number of nitrogens with zero attached hydrogens (tertiary/aromatic N) is 1. The van der Waals surface area contributed by atoms with Crippen LogP contribution in [-0.2, 0) is 4.43 Å². The number of ketones is 1. The highest BCUT2D eigenvalue weighted by Crippen LogP contribution is 2.09. The maximum atomic E-state index is 11.8. The fourth-order valence-corrected chi connectivity index (χ4v) is 2.37. The van der Waals surface area contributed by atoms with Crippen LogP contribution in [0.1, 0.15) is 36.0 Å². The van der Waals surface area contributed by atoms with Crippen LogP contribution in [0.25, 0.3) is 0 Å². The molecule has 1 heterocycles. The Morgan fingerprint density at radius 1 is 1.28 bits per heavy atom. The predicted molar refractivity (Wildman–Crippen MR) is 76.3 cm³/mol. The van der Waals surface area contributed by atoms with E-state index in [0.717, 1.165) is 31.4 Å². The van der Waals surface area contributed by atoms with Crippen molar-refractivity contribution in [1.29, 1.82) is 0 Å². The summed E-state index contributed by atoms with van der Waals surface area (Å²) in [5.41, 5.74) is 0.718. The first-order chi connectivity index (χ1) is 8.49. The Hall–Kier alpha value is -1.00. The molecule has 0 aromatic carbocycles. The number of rotatable bonds is 8. The molecule has 0 saturated carbocycles. The normalized spacial score (nSPS) is 11.5. The summed E-state index contributed by atoms with van der Waals surface area (Å²) < 4.78 is 5.76. The van der Waals surface area contributed by atoms with Crippen LogP contribution in [-0.4, -0.2) is 25.7 Å². The number of unbranched alkanes of at least 4 members (excludes halogenated alkanes) is 2. The van der Waals surface area contributed by atoms with E-state index in [-0.39, 0.29) is 5.78 Å². The predicted octanol–water partition coefficient (Wildman–Crippen LogP) is 3.68. The van der Waals surface area contributed by atoms with Crippen molar-refractivity contribution >= 4 is 14.1 Å². The summed E-state index contributed by atoms with van der Waals surface area (Å²) in [6.45, 7) is 7.41. The van der Waals surface area contributed by atoms with Crippen molar-refractivity contribution in [3.8, 4) is 0 Å². The van der Waals surface area contributed by atoms with Gasteiger partial charge < -0.3 is 4.43 Å². The second-order valence-electron chi connectivity index (χ2n) is 5.44. The van der Waals surface area contributed by atoms with E-state index >= 15 is 0 Å². The van der Waals surface area contributed by atoms with Crippen LogP contribution >= 0.6 is 0 Å². The molecule has 0 spiro atoms. The first-order valence-corrected chi connectivity index (χ1v) is 9.97. The smallest absolute Gasteiger partial charge is 0.183 e. The molecule has 0 bridgehead atoms. The van der Waals surface area contributed by atoms with E-state index in [2.05, 4.69) is 24.6 Å². The average molecular weight is 265 g/mol. The topological polar surface area (TPSA) is 39.2 Å². The van der Waals surface area contributed by atoms with Crippen LogP contribution in [0, 0.1) is 0 Å². The third kappa shape index (κ3) is 6.66. The highest BCUT2D eigenvalue weighted by atomic mass is 28.4. The molecule has 0 N–H and O–H groups in total. The van der Waals surface area contributed by atoms with Crippen molar-refractivity contribution in [3.05, 3.63) is 30.1 Å². The lowest BCUT2D eigenvalue weighted by Crippen LogP contribution is -2.25. The lowest BCUT2D eigenvalue weighted by molar-refractivity contribution is 0.0978. The minimum Gasteiger partial charge on any atom is -0.418 e. The molecule has 0 aliphatic rings. The highest BCUT2D eigenvalue weighted by Gasteiger charge is 2.13. The number of carbonyl (C=O) groups is 1. The number of pyridine rings is 1. The Kier molecular flexibility index (Phi) is 6.22. The number of hydrogen-bond acceptors (Lipinski definition) is 3. The average Bonchev–Trinajstić information content (AvgIpc) is 2.33. The second-order valence-corrected chi connectivity index (χ2v) is 9.95. The molecule has 100 valence electrons. The fourth-order valence-electron chi connectivity index (χ4n) is 1.61. The zero-order valence-corrected chi connectivity index (χ0v) is 12.6. The molecule has 1 aromatic rings. The van der Waals surface area contributed by atoms with Gasteiger partial charge in [-0.3, -0.25) is 9.78 Å². The van der Waals surface area contributed by atoms with Gasteiger partial charge in [0.25, 0.3) is 0 Å². The van der Waals surface area contributed by atoms with Crippen LogP contribution < -0.4 is 0 Å². The Morgan fingerprint density at radius 2 is 2.06 bits per heavy atom. The van der Waals surface area contributed by atoms with Gasteiger partial charge in [0.2, 0.25) is 0 Å². The molecule has 4 heteroatoms. The van der Waals surface area contributed by atoms with Crippen molar-refractivity contribution in [1.82, 2.24) is 4.98 Å². The summed E-state index contributed by atoms with van der Waals surface area (Å²) in [5.74, 6) is 0.189. The van der Waals surface area contributed by atoms with Gasteiger partial charge in [-0.2, -0.15) is 0 Å². The van der Waals surface area contributed by atoms with Gasteiger partial charge in [-0.25, -0.2) is 0 Å². The molecule has 0 atom stereocenters. The molecular formula is C14H23NO2Si. The van der Waals surface area contributed by atoms with Crippen molar-refractivity contribution in [3.63, 3.8) is 0 Å². The monoisotopic (exact) mass is 265 g/mol. The summed E-state index contributed by atoms with van der Waals surface area (Å²) in [6, 6.07) is 3.62. The molecule has 0 aliphatic heterocycles. The lowest BCUT2D eigenvalue weighted by atomic mass is 10.1. The van der Waals surface area contributed by atoms with Gasteiger partial charge in [0.05, 0.1) is 0 Å². The highest BCUT2D eigenvalue weighted by molar-refractivity contribution is 6.69. The third-order valence-electron chi connectivity index (χ3n) is 2.57. The van der Waals surface area contributed by atoms with E-state index in [1.54, 1.807) is 18.5 Å². The molecule has 0 fully saturated rings. The molecule has 1 rings (SSSR count). The summed E-state index contributed by atoms with van der Waals surface area (Å²) in [7, 11) is -1.37. The van der Waals surface area contributed by atoms with Crippen molar-refractivity contribution < 1.29 is 9.22 Å². The molecule has 3 nitrogen and oxygen atoms in total. The lowest BCUT2D eigenvalue weighted by Gasteiger charge is -2.16. The van der Waals surface area contributed by atoms with Crippen LogP contribution in [0.4, 0.5) is 0 Å². The van der Waals surface area contributed by atoms with Gasteiger partial charge in [-0.1, -0.05) is 6.42 Å². The van der Waals surface area contributed by atoms with E-state index in [9.17, 15) is 4.79 Å².